The van der Waals surface area contributed by atoms with Crippen molar-refractivity contribution in [2.24, 2.45) is 0 Å². The summed E-state index contributed by atoms with van der Waals surface area (Å²) >= 11 is 1.62. The Morgan fingerprint density at radius 1 is 0.824 bits per heavy atom. The first-order valence-corrected chi connectivity index (χ1v) is 11.7. The van der Waals surface area contributed by atoms with Crippen LogP contribution in [0.3, 0.4) is 0 Å². The molecule has 166 valence electrons. The van der Waals surface area contributed by atoms with Crippen molar-refractivity contribution in [2.45, 2.75) is 9.79 Å². The van der Waals surface area contributed by atoms with E-state index in [0.717, 1.165) is 43.4 Å². The Morgan fingerprint density at radius 3 is 2.32 bits per heavy atom. The lowest BCUT2D eigenvalue weighted by Gasteiger charge is -2.13. The molecule has 34 heavy (non-hydrogen) atoms. The molecule has 0 saturated carbocycles. The van der Waals surface area contributed by atoms with E-state index in [-0.39, 0.29) is 5.91 Å². The van der Waals surface area contributed by atoms with Crippen molar-refractivity contribution in [2.75, 3.05) is 12.4 Å². The van der Waals surface area contributed by atoms with Crippen LogP contribution in [0.25, 0.3) is 22.2 Å². The number of benzene rings is 4. The number of aromatic nitrogens is 1. The first kappa shape index (κ1) is 21.7. The van der Waals surface area contributed by atoms with Gasteiger partial charge in [-0.15, -0.1) is 0 Å². The Labute approximate surface area is 202 Å². The van der Waals surface area contributed by atoms with Crippen molar-refractivity contribution in [1.29, 1.82) is 0 Å². The smallest absolute Gasteiger partial charge is 0.256 e. The molecule has 0 aliphatic carbocycles. The van der Waals surface area contributed by atoms with Crippen LogP contribution in [0, 0.1) is 0 Å². The summed E-state index contributed by atoms with van der Waals surface area (Å²) in [5.41, 5.74) is 3.77. The molecule has 4 nitrogen and oxygen atoms in total. The maximum absolute atomic E-state index is 13.5. The van der Waals surface area contributed by atoms with Crippen LogP contribution in [0.15, 0.2) is 119 Å². The number of hydrogen-bond acceptors (Lipinski definition) is 4. The third-order valence-corrected chi connectivity index (χ3v) is 6.54. The van der Waals surface area contributed by atoms with Gasteiger partial charge in [0, 0.05) is 20.7 Å². The third-order valence-electron chi connectivity index (χ3n) is 5.45. The van der Waals surface area contributed by atoms with Crippen LogP contribution in [0.5, 0.6) is 5.75 Å². The van der Waals surface area contributed by atoms with Gasteiger partial charge < -0.3 is 10.1 Å². The Kier molecular flexibility index (Phi) is 6.27. The van der Waals surface area contributed by atoms with E-state index in [1.807, 2.05) is 97.1 Å². The number of methoxy groups -OCH3 is 1. The number of nitrogens with zero attached hydrogens (tertiary/aromatic N) is 1. The molecule has 1 N–H and O–H groups in total. The second kappa shape index (κ2) is 9.81. The summed E-state index contributed by atoms with van der Waals surface area (Å²) in [6.07, 6.45) is 0. The number of anilines is 1. The average Bonchev–Trinajstić information content (AvgIpc) is 2.90. The van der Waals surface area contributed by atoms with Gasteiger partial charge in [-0.25, -0.2) is 4.98 Å². The number of amides is 1. The van der Waals surface area contributed by atoms with Crippen molar-refractivity contribution in [3.8, 4) is 17.0 Å². The SMILES string of the molecule is COc1ccc(-c2cc(C(=O)Nc3ccccc3Sc3ccccc3)c3ccccc3n2)cc1. The Bertz CT molecular complexity index is 1450. The molecule has 5 heteroatoms. The zero-order valence-corrected chi connectivity index (χ0v) is 19.4. The lowest BCUT2D eigenvalue weighted by Crippen LogP contribution is -2.13. The van der Waals surface area contributed by atoms with E-state index >= 15 is 0 Å². The van der Waals surface area contributed by atoms with Crippen LogP contribution in [0.4, 0.5) is 5.69 Å². The highest BCUT2D eigenvalue weighted by Gasteiger charge is 2.16. The number of fused-ring (bicyclic) bond motifs is 1. The van der Waals surface area contributed by atoms with Crippen LogP contribution >= 0.6 is 11.8 Å². The summed E-state index contributed by atoms with van der Waals surface area (Å²) in [6.45, 7) is 0. The zero-order chi connectivity index (χ0) is 23.3. The quantitative estimate of drug-likeness (QED) is 0.287. The predicted octanol–water partition coefficient (Wildman–Crippen LogP) is 7.31. The fraction of sp³-hybridized carbons (Fsp3) is 0.0345. The molecule has 5 aromatic rings. The molecule has 0 fully saturated rings. The van der Waals surface area contributed by atoms with Crippen molar-refractivity contribution in [1.82, 2.24) is 4.98 Å². The fourth-order valence-corrected chi connectivity index (χ4v) is 4.66. The van der Waals surface area contributed by atoms with Gasteiger partial charge in [-0.1, -0.05) is 60.3 Å². The molecular weight excluding hydrogens is 440 g/mol. The molecule has 0 saturated heterocycles. The van der Waals surface area contributed by atoms with Crippen molar-refractivity contribution in [3.63, 3.8) is 0 Å². The van der Waals surface area contributed by atoms with Gasteiger partial charge in [-0.05, 0) is 60.7 Å². The maximum Gasteiger partial charge on any atom is 0.256 e. The van der Waals surface area contributed by atoms with E-state index in [0.29, 0.717) is 5.56 Å². The van der Waals surface area contributed by atoms with Gasteiger partial charge in [0.15, 0.2) is 0 Å². The van der Waals surface area contributed by atoms with Gasteiger partial charge in [0.25, 0.3) is 5.91 Å². The monoisotopic (exact) mass is 462 g/mol. The number of para-hydroxylation sites is 2. The third kappa shape index (κ3) is 4.65. The van der Waals surface area contributed by atoms with Crippen molar-refractivity contribution >= 4 is 34.3 Å². The summed E-state index contributed by atoms with van der Waals surface area (Å²) < 4.78 is 5.27. The van der Waals surface area contributed by atoms with E-state index < -0.39 is 0 Å². The van der Waals surface area contributed by atoms with Crippen molar-refractivity contribution < 1.29 is 9.53 Å². The predicted molar refractivity (Wildman–Crippen MR) is 139 cm³/mol. The largest absolute Gasteiger partial charge is 0.497 e. The lowest BCUT2D eigenvalue weighted by molar-refractivity contribution is 0.102. The van der Waals surface area contributed by atoms with Gasteiger partial charge in [0.05, 0.1) is 29.6 Å². The van der Waals surface area contributed by atoms with Crippen LogP contribution in [-0.4, -0.2) is 18.0 Å². The minimum absolute atomic E-state index is 0.172. The molecule has 5 rings (SSSR count). The molecule has 4 aromatic carbocycles. The average molecular weight is 463 g/mol. The highest BCUT2D eigenvalue weighted by molar-refractivity contribution is 7.99. The number of carbonyl (C=O) groups is 1. The topological polar surface area (TPSA) is 51.2 Å². The molecule has 0 aliphatic rings. The zero-order valence-electron chi connectivity index (χ0n) is 18.6. The highest BCUT2D eigenvalue weighted by Crippen LogP contribution is 2.34. The first-order chi connectivity index (χ1) is 16.7. The van der Waals surface area contributed by atoms with E-state index in [9.17, 15) is 4.79 Å². The number of carbonyl (C=O) groups excluding carboxylic acids is 1. The second-order valence-electron chi connectivity index (χ2n) is 7.67. The number of rotatable bonds is 6. The first-order valence-electron chi connectivity index (χ1n) is 10.9. The number of pyridine rings is 1. The van der Waals surface area contributed by atoms with Gasteiger partial charge in [-0.3, -0.25) is 4.79 Å². The molecule has 1 amide bonds. The molecule has 0 bridgehead atoms. The van der Waals surface area contributed by atoms with E-state index in [2.05, 4.69) is 17.4 Å². The highest BCUT2D eigenvalue weighted by atomic mass is 32.2. The molecule has 0 radical (unpaired) electrons. The van der Waals surface area contributed by atoms with Gasteiger partial charge in [0.1, 0.15) is 5.75 Å². The molecule has 1 aromatic heterocycles. The van der Waals surface area contributed by atoms with Gasteiger partial charge in [0.2, 0.25) is 0 Å². The number of ether oxygens (including phenoxy) is 1. The standard InChI is InChI=1S/C29H22N2O2S/c1-33-21-17-15-20(16-18-21)27-19-24(23-11-5-6-12-25(23)30-27)29(32)31-26-13-7-8-14-28(26)34-22-9-3-2-4-10-22/h2-19H,1H3,(H,31,32). The Balaban J connectivity index is 1.51. The molecular formula is C29H22N2O2S. The van der Waals surface area contributed by atoms with Crippen LogP contribution in [0.1, 0.15) is 10.4 Å². The summed E-state index contributed by atoms with van der Waals surface area (Å²) in [4.78, 5) is 20.4. The van der Waals surface area contributed by atoms with Gasteiger partial charge >= 0.3 is 0 Å². The van der Waals surface area contributed by atoms with E-state index in [4.69, 9.17) is 9.72 Å². The van der Waals surface area contributed by atoms with Crippen LogP contribution in [0.2, 0.25) is 0 Å². The number of hydrogen-bond donors (Lipinski definition) is 1. The molecule has 1 heterocycles. The minimum Gasteiger partial charge on any atom is -0.497 e. The Hall–Kier alpha value is -4.09. The number of nitrogens with one attached hydrogen (secondary N) is 1. The molecule has 0 unspecified atom stereocenters. The normalized spacial score (nSPS) is 10.7. The lowest BCUT2D eigenvalue weighted by atomic mass is 10.0. The van der Waals surface area contributed by atoms with E-state index in [1.165, 1.54) is 0 Å². The van der Waals surface area contributed by atoms with Crippen LogP contribution in [-0.2, 0) is 0 Å². The van der Waals surface area contributed by atoms with Crippen LogP contribution < -0.4 is 10.1 Å². The second-order valence-corrected chi connectivity index (χ2v) is 8.78. The summed E-state index contributed by atoms with van der Waals surface area (Å²) in [6, 6.07) is 35.2. The Morgan fingerprint density at radius 2 is 1.53 bits per heavy atom. The summed E-state index contributed by atoms with van der Waals surface area (Å²) in [7, 11) is 1.64. The van der Waals surface area contributed by atoms with Crippen molar-refractivity contribution in [3.05, 3.63) is 115 Å². The molecule has 0 aliphatic heterocycles. The fourth-order valence-electron chi connectivity index (χ4n) is 3.74. The summed E-state index contributed by atoms with van der Waals surface area (Å²) in [5, 5.41) is 3.94. The van der Waals surface area contributed by atoms with E-state index in [1.54, 1.807) is 18.9 Å². The maximum atomic E-state index is 13.5. The minimum atomic E-state index is -0.172. The molecule has 0 spiro atoms. The molecule has 0 atom stereocenters. The van der Waals surface area contributed by atoms with Gasteiger partial charge in [-0.2, -0.15) is 0 Å². The summed E-state index contributed by atoms with van der Waals surface area (Å²) in [5.74, 6) is 0.601.